The molecule has 1 amide bonds. The summed E-state index contributed by atoms with van der Waals surface area (Å²) in [7, 11) is 0. The fourth-order valence-electron chi connectivity index (χ4n) is 3.74. The van der Waals surface area contributed by atoms with Crippen molar-refractivity contribution in [3.63, 3.8) is 0 Å². The number of aromatic nitrogens is 1. The molecule has 1 aromatic heterocycles. The molecular formula is C23H20N2O4. The molecule has 0 aliphatic heterocycles. The SMILES string of the molecule is O=C(N[C@@H](Cc1ccncc1)C(=O)O)OCC1c2ccccc2-c2ccccc21. The number of aliphatic carboxylic acids is 1. The van der Waals surface area contributed by atoms with Gasteiger partial charge in [0, 0.05) is 24.7 Å². The van der Waals surface area contributed by atoms with E-state index in [0.29, 0.717) is 0 Å². The van der Waals surface area contributed by atoms with E-state index < -0.39 is 18.1 Å². The van der Waals surface area contributed by atoms with Crippen molar-refractivity contribution in [1.29, 1.82) is 0 Å². The number of carbonyl (C=O) groups is 2. The van der Waals surface area contributed by atoms with Gasteiger partial charge in [0.25, 0.3) is 0 Å². The van der Waals surface area contributed by atoms with Crippen molar-refractivity contribution in [2.45, 2.75) is 18.4 Å². The topological polar surface area (TPSA) is 88.5 Å². The van der Waals surface area contributed by atoms with Crippen LogP contribution >= 0.6 is 0 Å². The standard InChI is InChI=1S/C23H20N2O4/c26-22(27)21(13-15-9-11-24-12-10-15)25-23(28)29-14-20-18-7-3-1-5-16(18)17-6-2-4-8-19(17)20/h1-12,20-21H,13-14H2,(H,25,28)(H,26,27)/t21-/m0/s1. The van der Waals surface area contributed by atoms with Crippen LogP contribution < -0.4 is 5.32 Å². The highest BCUT2D eigenvalue weighted by Crippen LogP contribution is 2.44. The van der Waals surface area contributed by atoms with Crippen LogP contribution in [0.4, 0.5) is 4.79 Å². The molecule has 1 aliphatic carbocycles. The summed E-state index contributed by atoms with van der Waals surface area (Å²) in [5, 5.41) is 11.9. The van der Waals surface area contributed by atoms with E-state index in [1.165, 1.54) is 0 Å². The van der Waals surface area contributed by atoms with Gasteiger partial charge in [0.05, 0.1) is 0 Å². The van der Waals surface area contributed by atoms with Gasteiger partial charge in [-0.15, -0.1) is 0 Å². The van der Waals surface area contributed by atoms with Gasteiger partial charge in [-0.25, -0.2) is 9.59 Å². The maximum Gasteiger partial charge on any atom is 0.407 e. The molecule has 4 rings (SSSR count). The Bertz CT molecular complexity index is 990. The fraction of sp³-hybridized carbons (Fsp3) is 0.174. The molecule has 0 spiro atoms. The van der Waals surface area contributed by atoms with Gasteiger partial charge in [0.15, 0.2) is 0 Å². The zero-order chi connectivity index (χ0) is 20.2. The first-order valence-electron chi connectivity index (χ1n) is 9.36. The molecule has 1 aliphatic rings. The highest BCUT2D eigenvalue weighted by molar-refractivity contribution is 5.81. The summed E-state index contributed by atoms with van der Waals surface area (Å²) in [6, 6.07) is 18.4. The quantitative estimate of drug-likeness (QED) is 0.673. The monoisotopic (exact) mass is 388 g/mol. The zero-order valence-electron chi connectivity index (χ0n) is 15.6. The minimum atomic E-state index is -1.12. The molecule has 29 heavy (non-hydrogen) atoms. The van der Waals surface area contributed by atoms with Crippen LogP contribution in [0, 0.1) is 0 Å². The fourth-order valence-corrected chi connectivity index (χ4v) is 3.74. The molecule has 1 atom stereocenters. The number of pyridine rings is 1. The van der Waals surface area contributed by atoms with Crippen molar-refractivity contribution in [1.82, 2.24) is 10.3 Å². The molecule has 0 radical (unpaired) electrons. The first kappa shape index (κ1) is 18.7. The largest absolute Gasteiger partial charge is 0.480 e. The number of amides is 1. The van der Waals surface area contributed by atoms with Crippen LogP contribution in [0.3, 0.4) is 0 Å². The number of fused-ring (bicyclic) bond motifs is 3. The van der Waals surface area contributed by atoms with E-state index in [4.69, 9.17) is 4.74 Å². The zero-order valence-corrected chi connectivity index (χ0v) is 15.6. The number of benzene rings is 2. The number of carboxylic acids is 1. The molecule has 6 heteroatoms. The molecule has 0 fully saturated rings. The minimum Gasteiger partial charge on any atom is -0.480 e. The van der Waals surface area contributed by atoms with Crippen LogP contribution in [0.25, 0.3) is 11.1 Å². The highest BCUT2D eigenvalue weighted by atomic mass is 16.5. The third-order valence-corrected chi connectivity index (χ3v) is 5.12. The van der Waals surface area contributed by atoms with Crippen LogP contribution in [-0.2, 0) is 16.0 Å². The Labute approximate surface area is 168 Å². The van der Waals surface area contributed by atoms with Crippen LogP contribution in [0.2, 0.25) is 0 Å². The van der Waals surface area contributed by atoms with E-state index in [1.807, 2.05) is 36.4 Å². The summed E-state index contributed by atoms with van der Waals surface area (Å²) in [5.41, 5.74) is 5.25. The summed E-state index contributed by atoms with van der Waals surface area (Å²) in [5.74, 6) is -1.19. The van der Waals surface area contributed by atoms with Crippen LogP contribution in [0.1, 0.15) is 22.6 Å². The van der Waals surface area contributed by atoms with E-state index >= 15 is 0 Å². The van der Waals surface area contributed by atoms with Crippen molar-refractivity contribution in [2.24, 2.45) is 0 Å². The predicted octanol–water partition coefficient (Wildman–Crippen LogP) is 3.62. The second-order valence-corrected chi connectivity index (χ2v) is 6.92. The Hall–Kier alpha value is -3.67. The molecule has 3 aromatic rings. The molecule has 0 saturated heterocycles. The van der Waals surface area contributed by atoms with Gasteiger partial charge in [0.2, 0.25) is 0 Å². The van der Waals surface area contributed by atoms with E-state index in [2.05, 4.69) is 22.4 Å². The van der Waals surface area contributed by atoms with E-state index in [0.717, 1.165) is 27.8 Å². The molecule has 146 valence electrons. The summed E-state index contributed by atoms with van der Waals surface area (Å²) < 4.78 is 5.43. The number of carboxylic acid groups (broad SMARTS) is 1. The Balaban J connectivity index is 1.43. The van der Waals surface area contributed by atoms with Crippen molar-refractivity contribution < 1.29 is 19.4 Å². The highest BCUT2D eigenvalue weighted by Gasteiger charge is 2.29. The average Bonchev–Trinajstić information content (AvgIpc) is 3.06. The predicted molar refractivity (Wildman–Crippen MR) is 108 cm³/mol. The third-order valence-electron chi connectivity index (χ3n) is 5.12. The third kappa shape index (κ3) is 3.96. The first-order valence-corrected chi connectivity index (χ1v) is 9.36. The summed E-state index contributed by atoms with van der Waals surface area (Å²) in [6.45, 7) is 0.140. The molecule has 1 heterocycles. The van der Waals surface area contributed by atoms with Gasteiger partial charge >= 0.3 is 12.1 Å². The van der Waals surface area contributed by atoms with Gasteiger partial charge in [-0.2, -0.15) is 0 Å². The molecular weight excluding hydrogens is 368 g/mol. The Morgan fingerprint density at radius 2 is 1.55 bits per heavy atom. The van der Waals surface area contributed by atoms with Crippen LogP contribution in [-0.4, -0.2) is 34.8 Å². The Morgan fingerprint density at radius 1 is 0.966 bits per heavy atom. The smallest absolute Gasteiger partial charge is 0.407 e. The number of carbonyl (C=O) groups excluding carboxylic acids is 1. The lowest BCUT2D eigenvalue weighted by Crippen LogP contribution is -2.42. The normalized spacial score (nSPS) is 13.2. The van der Waals surface area contributed by atoms with Crippen molar-refractivity contribution in [3.05, 3.63) is 89.7 Å². The van der Waals surface area contributed by atoms with Crippen LogP contribution in [0.5, 0.6) is 0 Å². The van der Waals surface area contributed by atoms with E-state index in [9.17, 15) is 14.7 Å². The van der Waals surface area contributed by atoms with Crippen molar-refractivity contribution >= 4 is 12.1 Å². The average molecular weight is 388 g/mol. The lowest BCUT2D eigenvalue weighted by molar-refractivity contribution is -0.139. The van der Waals surface area contributed by atoms with Gasteiger partial charge < -0.3 is 15.2 Å². The summed E-state index contributed by atoms with van der Waals surface area (Å²) in [4.78, 5) is 27.8. The van der Waals surface area contributed by atoms with Gasteiger partial charge in [-0.05, 0) is 39.9 Å². The summed E-state index contributed by atoms with van der Waals surface area (Å²) >= 11 is 0. The van der Waals surface area contributed by atoms with Crippen molar-refractivity contribution in [3.8, 4) is 11.1 Å². The second kappa shape index (κ2) is 8.14. The number of nitrogens with zero attached hydrogens (tertiary/aromatic N) is 1. The Morgan fingerprint density at radius 3 is 2.14 bits per heavy atom. The van der Waals surface area contributed by atoms with Crippen LogP contribution in [0.15, 0.2) is 73.1 Å². The molecule has 0 unspecified atom stereocenters. The van der Waals surface area contributed by atoms with Gasteiger partial charge in [-0.1, -0.05) is 48.5 Å². The molecule has 2 aromatic carbocycles. The van der Waals surface area contributed by atoms with Gasteiger partial charge in [0.1, 0.15) is 12.6 Å². The number of ether oxygens (including phenoxy) is 1. The number of rotatable bonds is 6. The second-order valence-electron chi connectivity index (χ2n) is 6.92. The van der Waals surface area contributed by atoms with E-state index in [1.54, 1.807) is 24.5 Å². The Kier molecular flexibility index (Phi) is 5.24. The lowest BCUT2D eigenvalue weighted by Gasteiger charge is -2.17. The van der Waals surface area contributed by atoms with E-state index in [-0.39, 0.29) is 18.9 Å². The van der Waals surface area contributed by atoms with Gasteiger partial charge in [-0.3, -0.25) is 4.98 Å². The van der Waals surface area contributed by atoms with Crippen molar-refractivity contribution in [2.75, 3.05) is 6.61 Å². The summed E-state index contributed by atoms with van der Waals surface area (Å²) in [6.07, 6.45) is 2.58. The maximum absolute atomic E-state index is 12.3. The number of hydrogen-bond donors (Lipinski definition) is 2. The molecule has 2 N–H and O–H groups in total. The maximum atomic E-state index is 12.3. The molecule has 0 saturated carbocycles. The number of hydrogen-bond acceptors (Lipinski definition) is 4. The first-order chi connectivity index (χ1) is 14.1. The molecule has 6 nitrogen and oxygen atoms in total. The number of nitrogens with one attached hydrogen (secondary N) is 1. The molecule has 0 bridgehead atoms. The lowest BCUT2D eigenvalue weighted by atomic mass is 9.98. The minimum absolute atomic E-state index is 0.0726. The number of alkyl carbamates (subject to hydrolysis) is 1.